The van der Waals surface area contributed by atoms with Crippen LogP contribution in [0.25, 0.3) is 33.4 Å². The molecule has 148 valence electrons. The first-order valence-corrected chi connectivity index (χ1v) is 8.87. The van der Waals surface area contributed by atoms with Gasteiger partial charge in [-0.2, -0.15) is 0 Å². The number of halogens is 1. The lowest BCUT2D eigenvalue weighted by Gasteiger charge is -2.17. The lowest BCUT2D eigenvalue weighted by Crippen LogP contribution is -3.00. The number of ether oxygens (including phenoxy) is 1. The van der Waals surface area contributed by atoms with E-state index in [0.29, 0.717) is 16.9 Å². The van der Waals surface area contributed by atoms with Crippen LogP contribution in [-0.2, 0) is 4.74 Å². The third-order valence-corrected chi connectivity index (χ3v) is 4.81. The Morgan fingerprint density at radius 1 is 1.00 bits per heavy atom. The number of aromatic hydroxyl groups is 1. The van der Waals surface area contributed by atoms with Gasteiger partial charge in [-0.3, -0.25) is 0 Å². The molecule has 0 saturated carbocycles. The molecule has 0 spiro atoms. The Morgan fingerprint density at radius 2 is 1.76 bits per heavy atom. The zero-order valence-electron chi connectivity index (χ0n) is 16.3. The SMILES string of the molecule is COC(=O)c1ccccc1-c1c2ccc(=[N+](C)C)cc-2oc2cc(O)ccc12.[Cl-]. The summed E-state index contributed by atoms with van der Waals surface area (Å²) in [5.41, 5.74) is 3.51. The van der Waals surface area contributed by atoms with Gasteiger partial charge in [0.15, 0.2) is 0 Å². The van der Waals surface area contributed by atoms with Gasteiger partial charge in [-0.15, -0.1) is 0 Å². The summed E-state index contributed by atoms with van der Waals surface area (Å²) in [5, 5.41) is 11.7. The predicted octanol–water partition coefficient (Wildman–Crippen LogP) is 0.733. The maximum atomic E-state index is 12.4. The van der Waals surface area contributed by atoms with Crippen LogP contribution in [0.5, 0.6) is 5.75 Å². The number of carbonyl (C=O) groups excluding carboxylic acids is 1. The fraction of sp³-hybridized carbons (Fsp3) is 0.130. The van der Waals surface area contributed by atoms with Gasteiger partial charge in [0.25, 0.3) is 0 Å². The van der Waals surface area contributed by atoms with Crippen molar-refractivity contribution in [2.24, 2.45) is 0 Å². The van der Waals surface area contributed by atoms with Crippen LogP contribution < -0.4 is 22.3 Å². The van der Waals surface area contributed by atoms with Crippen molar-refractivity contribution in [3.8, 4) is 28.2 Å². The normalized spacial score (nSPS) is 10.6. The Bertz CT molecular complexity index is 1260. The quantitative estimate of drug-likeness (QED) is 0.301. The van der Waals surface area contributed by atoms with Crippen molar-refractivity contribution in [1.29, 1.82) is 0 Å². The summed E-state index contributed by atoms with van der Waals surface area (Å²) >= 11 is 0. The number of nitrogens with zero attached hydrogens (tertiary/aromatic N) is 1. The molecule has 2 aromatic carbocycles. The molecule has 0 fully saturated rings. The van der Waals surface area contributed by atoms with E-state index in [1.165, 1.54) is 7.11 Å². The molecule has 0 aromatic heterocycles. The van der Waals surface area contributed by atoms with Crippen molar-refractivity contribution < 1.29 is 31.5 Å². The predicted molar refractivity (Wildman–Crippen MR) is 108 cm³/mol. The summed E-state index contributed by atoms with van der Waals surface area (Å²) in [5.74, 6) is 0.381. The molecule has 0 atom stereocenters. The number of methoxy groups -OCH3 is 1. The highest BCUT2D eigenvalue weighted by molar-refractivity contribution is 6.07. The first-order chi connectivity index (χ1) is 13.5. The van der Waals surface area contributed by atoms with E-state index in [-0.39, 0.29) is 18.2 Å². The van der Waals surface area contributed by atoms with Gasteiger partial charge in [0.05, 0.1) is 18.7 Å². The van der Waals surface area contributed by atoms with Gasteiger partial charge >= 0.3 is 5.97 Å². The topological polar surface area (TPSA) is 62.7 Å². The maximum absolute atomic E-state index is 12.4. The van der Waals surface area contributed by atoms with Crippen molar-refractivity contribution >= 4 is 16.9 Å². The Hall–Kier alpha value is -3.31. The van der Waals surface area contributed by atoms with Crippen LogP contribution in [0.15, 0.2) is 65.1 Å². The molecule has 0 radical (unpaired) electrons. The third kappa shape index (κ3) is 3.57. The van der Waals surface area contributed by atoms with E-state index in [2.05, 4.69) is 0 Å². The number of fused-ring (bicyclic) bond motifs is 2. The molecular weight excluding hydrogens is 390 g/mol. The number of hydrogen-bond acceptors (Lipinski definition) is 4. The molecule has 0 saturated heterocycles. The average molecular weight is 410 g/mol. The molecule has 1 aliphatic heterocycles. The lowest BCUT2D eigenvalue weighted by atomic mass is 9.91. The summed E-state index contributed by atoms with van der Waals surface area (Å²) in [4.78, 5) is 12.4. The maximum Gasteiger partial charge on any atom is 0.338 e. The van der Waals surface area contributed by atoms with Gasteiger partial charge in [-0.25, -0.2) is 9.37 Å². The van der Waals surface area contributed by atoms with Crippen molar-refractivity contribution in [3.63, 3.8) is 0 Å². The molecule has 6 heteroatoms. The van der Waals surface area contributed by atoms with Crippen LogP contribution in [0.2, 0.25) is 0 Å². The van der Waals surface area contributed by atoms with Crippen LogP contribution in [0, 0.1) is 0 Å². The molecule has 5 nitrogen and oxygen atoms in total. The summed E-state index contributed by atoms with van der Waals surface area (Å²) in [6.07, 6.45) is 0. The number of rotatable bonds is 2. The van der Waals surface area contributed by atoms with Crippen molar-refractivity contribution in [1.82, 2.24) is 4.58 Å². The molecule has 0 bridgehead atoms. The fourth-order valence-corrected chi connectivity index (χ4v) is 3.42. The van der Waals surface area contributed by atoms with Gasteiger partial charge in [0.2, 0.25) is 5.36 Å². The highest BCUT2D eigenvalue weighted by Crippen LogP contribution is 2.41. The summed E-state index contributed by atoms with van der Waals surface area (Å²) in [6, 6.07) is 18.3. The molecular formula is C23H20ClNO4. The van der Waals surface area contributed by atoms with Crippen LogP contribution in [0.4, 0.5) is 0 Å². The molecule has 2 aromatic rings. The second kappa shape index (κ2) is 7.97. The number of hydrogen-bond donors (Lipinski definition) is 1. The Labute approximate surface area is 174 Å². The van der Waals surface area contributed by atoms with Gasteiger partial charge in [0.1, 0.15) is 31.2 Å². The summed E-state index contributed by atoms with van der Waals surface area (Å²) in [6.45, 7) is 0. The second-order valence-corrected chi connectivity index (χ2v) is 6.77. The first-order valence-electron chi connectivity index (χ1n) is 8.87. The van der Waals surface area contributed by atoms with Gasteiger partial charge in [0, 0.05) is 28.6 Å². The minimum absolute atomic E-state index is 0. The largest absolute Gasteiger partial charge is 1.00 e. The third-order valence-electron chi connectivity index (χ3n) is 4.81. The van der Waals surface area contributed by atoms with E-state index in [1.54, 1.807) is 24.3 Å². The van der Waals surface area contributed by atoms with Crippen LogP contribution in [-0.4, -0.2) is 32.3 Å². The van der Waals surface area contributed by atoms with Crippen molar-refractivity contribution in [2.45, 2.75) is 0 Å². The smallest absolute Gasteiger partial charge is 0.338 e. The standard InChI is InChI=1S/C23H19NO4.ClH/c1-24(2)14-8-10-18-20(12-14)28-21-13-15(25)9-11-19(21)22(18)16-6-4-5-7-17(16)23(26)27-3;/h4-13H,1-3H3;1H. The van der Waals surface area contributed by atoms with E-state index in [9.17, 15) is 9.90 Å². The molecule has 0 amide bonds. The lowest BCUT2D eigenvalue weighted by molar-refractivity contribution is -0.0000218. The van der Waals surface area contributed by atoms with E-state index < -0.39 is 5.97 Å². The van der Waals surface area contributed by atoms with E-state index in [0.717, 1.165) is 27.4 Å². The summed E-state index contributed by atoms with van der Waals surface area (Å²) in [7, 11) is 5.29. The Morgan fingerprint density at radius 3 is 2.48 bits per heavy atom. The van der Waals surface area contributed by atoms with Crippen molar-refractivity contribution in [3.05, 3.63) is 71.6 Å². The minimum Gasteiger partial charge on any atom is -1.00 e. The summed E-state index contributed by atoms with van der Waals surface area (Å²) < 4.78 is 13.1. The highest BCUT2D eigenvalue weighted by atomic mass is 35.5. The Balaban J connectivity index is 0.00000240. The Kier molecular flexibility index (Phi) is 5.62. The number of phenols is 1. The fourth-order valence-electron chi connectivity index (χ4n) is 3.42. The molecule has 4 rings (SSSR count). The van der Waals surface area contributed by atoms with Crippen LogP contribution in [0.3, 0.4) is 0 Å². The monoisotopic (exact) mass is 409 g/mol. The van der Waals surface area contributed by atoms with Gasteiger partial charge < -0.3 is 26.7 Å². The van der Waals surface area contributed by atoms with Gasteiger partial charge in [-0.05, 0) is 29.8 Å². The molecule has 1 aliphatic carbocycles. The van der Waals surface area contributed by atoms with E-state index in [1.807, 2.05) is 55.1 Å². The molecule has 29 heavy (non-hydrogen) atoms. The van der Waals surface area contributed by atoms with Crippen LogP contribution in [0.1, 0.15) is 10.4 Å². The molecule has 2 aliphatic rings. The minimum atomic E-state index is -0.401. The number of benzene rings is 3. The molecule has 0 unspecified atom stereocenters. The van der Waals surface area contributed by atoms with E-state index in [4.69, 9.17) is 9.15 Å². The number of esters is 1. The molecule has 1 heterocycles. The first kappa shape index (κ1) is 20.4. The second-order valence-electron chi connectivity index (χ2n) is 6.77. The van der Waals surface area contributed by atoms with Gasteiger partial charge in [-0.1, -0.05) is 18.2 Å². The molecule has 1 N–H and O–H groups in total. The van der Waals surface area contributed by atoms with Crippen molar-refractivity contribution in [2.75, 3.05) is 21.2 Å². The number of phenolic OH excluding ortho intramolecular Hbond substituents is 1. The highest BCUT2D eigenvalue weighted by Gasteiger charge is 2.22. The van der Waals surface area contributed by atoms with Crippen LogP contribution >= 0.6 is 0 Å². The van der Waals surface area contributed by atoms with E-state index >= 15 is 0 Å². The zero-order chi connectivity index (χ0) is 19.8. The zero-order valence-corrected chi connectivity index (χ0v) is 17.0. The average Bonchev–Trinajstić information content (AvgIpc) is 2.70. The number of carbonyl (C=O) groups is 1.